The number of hydrogen-bond donors (Lipinski definition) is 1. The van der Waals surface area contributed by atoms with Crippen LogP contribution in [0.25, 0.3) is 0 Å². The van der Waals surface area contributed by atoms with E-state index in [4.69, 9.17) is 0 Å². The largest absolute Gasteiger partial charge is 0.371 e. The molecule has 0 aliphatic carbocycles. The smallest absolute Gasteiger partial charge is 0.0399 e. The van der Waals surface area contributed by atoms with Gasteiger partial charge in [0.05, 0.1) is 0 Å². The minimum Gasteiger partial charge on any atom is -0.371 e. The lowest BCUT2D eigenvalue weighted by atomic mass is 9.92. The molecule has 2 nitrogen and oxygen atoms in total. The van der Waals surface area contributed by atoms with Gasteiger partial charge in [-0.1, -0.05) is 39.8 Å². The Morgan fingerprint density at radius 3 is 2.70 bits per heavy atom. The molecule has 2 rings (SSSR count). The number of fused-ring (bicyclic) bond motifs is 1. The molecule has 0 radical (unpaired) electrons. The third-order valence-electron chi connectivity index (χ3n) is 4.24. The van der Waals surface area contributed by atoms with Gasteiger partial charge in [0.1, 0.15) is 0 Å². The fraction of sp³-hybridized carbons (Fsp3) is 0.667. The maximum absolute atomic E-state index is 3.50. The molecular weight excluding hydrogens is 244 g/mol. The molecule has 0 amide bonds. The fourth-order valence-electron chi connectivity index (χ4n) is 2.89. The van der Waals surface area contributed by atoms with E-state index in [1.165, 1.54) is 42.7 Å². The molecule has 0 fully saturated rings. The van der Waals surface area contributed by atoms with Crippen LogP contribution in [-0.4, -0.2) is 19.6 Å². The summed E-state index contributed by atoms with van der Waals surface area (Å²) in [7, 11) is 0. The maximum atomic E-state index is 3.50. The molecule has 2 heteroatoms. The van der Waals surface area contributed by atoms with Gasteiger partial charge in [-0.05, 0) is 48.9 Å². The Kier molecular flexibility index (Phi) is 4.74. The van der Waals surface area contributed by atoms with Crippen molar-refractivity contribution in [3.8, 4) is 0 Å². The Morgan fingerprint density at radius 2 is 2.05 bits per heavy atom. The van der Waals surface area contributed by atoms with E-state index in [9.17, 15) is 0 Å². The normalized spacial score (nSPS) is 16.4. The van der Waals surface area contributed by atoms with Crippen LogP contribution in [0.5, 0.6) is 0 Å². The standard InChI is InChI=1S/C18H30N2/c1-6-19-14(2)15-7-8-17-16(13-15)9-11-20(17)12-10-18(3,4)5/h7-8,13-14,19H,6,9-12H2,1-5H3. The highest BCUT2D eigenvalue weighted by Gasteiger charge is 2.21. The van der Waals surface area contributed by atoms with Crippen LogP contribution >= 0.6 is 0 Å². The van der Waals surface area contributed by atoms with Crippen LogP contribution in [0.4, 0.5) is 5.69 Å². The van der Waals surface area contributed by atoms with Gasteiger partial charge >= 0.3 is 0 Å². The zero-order valence-electron chi connectivity index (χ0n) is 13.8. The van der Waals surface area contributed by atoms with Gasteiger partial charge in [0.2, 0.25) is 0 Å². The summed E-state index contributed by atoms with van der Waals surface area (Å²) in [5, 5.41) is 3.50. The van der Waals surface area contributed by atoms with Crippen molar-refractivity contribution in [2.24, 2.45) is 5.41 Å². The first-order valence-electron chi connectivity index (χ1n) is 8.02. The highest BCUT2D eigenvalue weighted by Crippen LogP contribution is 2.32. The van der Waals surface area contributed by atoms with Crippen LogP contribution in [0.1, 0.15) is 58.2 Å². The summed E-state index contributed by atoms with van der Waals surface area (Å²) >= 11 is 0. The highest BCUT2D eigenvalue weighted by atomic mass is 15.1. The second-order valence-electron chi connectivity index (χ2n) is 7.22. The summed E-state index contributed by atoms with van der Waals surface area (Å²) in [5.41, 5.74) is 4.83. The SMILES string of the molecule is CCNC(C)c1ccc2c(c1)CCN2CCC(C)(C)C. The molecule has 1 atom stereocenters. The van der Waals surface area contributed by atoms with E-state index >= 15 is 0 Å². The number of benzene rings is 1. The van der Waals surface area contributed by atoms with Crippen LogP contribution < -0.4 is 10.2 Å². The Labute approximate surface area is 124 Å². The van der Waals surface area contributed by atoms with Crippen molar-refractivity contribution in [3.05, 3.63) is 29.3 Å². The number of hydrogen-bond acceptors (Lipinski definition) is 2. The Balaban J connectivity index is 2.06. The minimum atomic E-state index is 0.419. The van der Waals surface area contributed by atoms with Crippen LogP contribution in [0.2, 0.25) is 0 Å². The summed E-state index contributed by atoms with van der Waals surface area (Å²) < 4.78 is 0. The van der Waals surface area contributed by atoms with Crippen LogP contribution in [0, 0.1) is 5.41 Å². The van der Waals surface area contributed by atoms with Crippen molar-refractivity contribution < 1.29 is 0 Å². The second kappa shape index (κ2) is 6.17. The molecule has 1 N–H and O–H groups in total. The van der Waals surface area contributed by atoms with Gasteiger partial charge in [-0.3, -0.25) is 0 Å². The molecule has 0 bridgehead atoms. The van der Waals surface area contributed by atoms with Crippen molar-refractivity contribution in [1.29, 1.82) is 0 Å². The molecular formula is C18H30N2. The third-order valence-corrected chi connectivity index (χ3v) is 4.24. The molecule has 1 aliphatic rings. The molecule has 20 heavy (non-hydrogen) atoms. The monoisotopic (exact) mass is 274 g/mol. The van der Waals surface area contributed by atoms with Gasteiger partial charge in [0, 0.05) is 24.8 Å². The summed E-state index contributed by atoms with van der Waals surface area (Å²) in [4.78, 5) is 2.56. The third kappa shape index (κ3) is 3.76. The Hall–Kier alpha value is -1.02. The Bertz CT molecular complexity index is 445. The van der Waals surface area contributed by atoms with Crippen molar-refractivity contribution in [3.63, 3.8) is 0 Å². The van der Waals surface area contributed by atoms with Crippen molar-refractivity contribution >= 4 is 5.69 Å². The molecule has 1 aliphatic heterocycles. The van der Waals surface area contributed by atoms with E-state index in [1.54, 1.807) is 0 Å². The van der Waals surface area contributed by atoms with Gasteiger partial charge in [-0.2, -0.15) is 0 Å². The first-order valence-corrected chi connectivity index (χ1v) is 8.02. The maximum Gasteiger partial charge on any atom is 0.0399 e. The molecule has 1 unspecified atom stereocenters. The van der Waals surface area contributed by atoms with Crippen molar-refractivity contribution in [2.75, 3.05) is 24.5 Å². The predicted octanol–water partition coefficient (Wildman–Crippen LogP) is 4.16. The van der Waals surface area contributed by atoms with E-state index in [0.717, 1.165) is 6.54 Å². The van der Waals surface area contributed by atoms with E-state index in [-0.39, 0.29) is 0 Å². The van der Waals surface area contributed by atoms with Crippen LogP contribution in [-0.2, 0) is 6.42 Å². The zero-order chi connectivity index (χ0) is 14.8. The summed E-state index contributed by atoms with van der Waals surface area (Å²) in [6.45, 7) is 14.8. The summed E-state index contributed by atoms with van der Waals surface area (Å²) in [6.07, 6.45) is 2.45. The fourth-order valence-corrected chi connectivity index (χ4v) is 2.89. The molecule has 0 saturated heterocycles. The number of nitrogens with zero attached hydrogens (tertiary/aromatic N) is 1. The van der Waals surface area contributed by atoms with E-state index in [1.807, 2.05) is 0 Å². The average molecular weight is 274 g/mol. The molecule has 112 valence electrons. The number of rotatable bonds is 5. The Morgan fingerprint density at radius 1 is 1.30 bits per heavy atom. The highest BCUT2D eigenvalue weighted by molar-refractivity contribution is 5.59. The molecule has 0 spiro atoms. The van der Waals surface area contributed by atoms with E-state index in [2.05, 4.69) is 63.0 Å². The number of anilines is 1. The molecule has 1 aromatic carbocycles. The van der Waals surface area contributed by atoms with Crippen molar-refractivity contribution in [2.45, 2.75) is 53.5 Å². The second-order valence-corrected chi connectivity index (χ2v) is 7.22. The van der Waals surface area contributed by atoms with Gasteiger partial charge in [-0.25, -0.2) is 0 Å². The lowest BCUT2D eigenvalue weighted by Gasteiger charge is -2.25. The first-order chi connectivity index (χ1) is 9.40. The average Bonchev–Trinajstić information content (AvgIpc) is 2.78. The zero-order valence-corrected chi connectivity index (χ0v) is 13.8. The van der Waals surface area contributed by atoms with E-state index < -0.39 is 0 Å². The van der Waals surface area contributed by atoms with Gasteiger partial charge < -0.3 is 10.2 Å². The summed E-state index contributed by atoms with van der Waals surface area (Å²) in [6, 6.07) is 7.48. The lowest BCUT2D eigenvalue weighted by Crippen LogP contribution is -2.25. The summed E-state index contributed by atoms with van der Waals surface area (Å²) in [5.74, 6) is 0. The minimum absolute atomic E-state index is 0.419. The number of nitrogens with one attached hydrogen (secondary N) is 1. The van der Waals surface area contributed by atoms with Gasteiger partial charge in [-0.15, -0.1) is 0 Å². The topological polar surface area (TPSA) is 15.3 Å². The van der Waals surface area contributed by atoms with Gasteiger partial charge in [0.15, 0.2) is 0 Å². The first kappa shape index (κ1) is 15.4. The quantitative estimate of drug-likeness (QED) is 0.867. The van der Waals surface area contributed by atoms with Crippen molar-refractivity contribution in [1.82, 2.24) is 5.32 Å². The molecule has 1 aromatic rings. The molecule has 0 aromatic heterocycles. The lowest BCUT2D eigenvalue weighted by molar-refractivity contribution is 0.380. The van der Waals surface area contributed by atoms with Gasteiger partial charge in [0.25, 0.3) is 0 Å². The molecule has 0 saturated carbocycles. The van der Waals surface area contributed by atoms with E-state index in [0.29, 0.717) is 11.5 Å². The molecule has 1 heterocycles. The predicted molar refractivity (Wildman–Crippen MR) is 88.5 cm³/mol. The van der Waals surface area contributed by atoms with Crippen LogP contribution in [0.3, 0.4) is 0 Å². The van der Waals surface area contributed by atoms with Crippen LogP contribution in [0.15, 0.2) is 18.2 Å².